The van der Waals surface area contributed by atoms with E-state index in [1.165, 1.54) is 0 Å². The van der Waals surface area contributed by atoms with Gasteiger partial charge in [0.2, 0.25) is 5.69 Å². The van der Waals surface area contributed by atoms with Gasteiger partial charge in [0.25, 0.3) is 0 Å². The van der Waals surface area contributed by atoms with Crippen molar-refractivity contribution >= 4 is 34.7 Å². The van der Waals surface area contributed by atoms with E-state index in [0.29, 0.717) is 0 Å². The zero-order chi connectivity index (χ0) is 13.2. The quantitative estimate of drug-likeness (QED) is 0.489. The molecule has 0 aliphatic carbocycles. The highest BCUT2D eigenvalue weighted by atomic mass is 127. The maximum Gasteiger partial charge on any atom is 0.204 e. The van der Waals surface area contributed by atoms with Crippen LogP contribution in [0.4, 0.5) is 0 Å². The molecule has 0 aliphatic heterocycles. The highest BCUT2D eigenvalue weighted by molar-refractivity contribution is 6.31. The van der Waals surface area contributed by atoms with Crippen LogP contribution in [0.25, 0.3) is 23.1 Å². The maximum atomic E-state index is 6.05. The molecule has 0 saturated heterocycles. The average molecular weight is 397 g/mol. The molecule has 2 heterocycles. The van der Waals surface area contributed by atoms with Gasteiger partial charge in [0.1, 0.15) is 7.05 Å². The smallest absolute Gasteiger partial charge is 0.204 e. The Morgan fingerprint density at radius 1 is 1.15 bits per heavy atom. The van der Waals surface area contributed by atoms with Crippen molar-refractivity contribution in [2.45, 2.75) is 0 Å². The Labute approximate surface area is 140 Å². The fourth-order valence-corrected chi connectivity index (χ4v) is 2.31. The van der Waals surface area contributed by atoms with Gasteiger partial charge in [-0.05, 0) is 30.3 Å². The first-order chi connectivity index (χ1) is 9.24. The molecule has 1 aromatic carbocycles. The molecule has 3 aromatic rings. The molecule has 0 aliphatic rings. The van der Waals surface area contributed by atoms with Crippen LogP contribution in [0.5, 0.6) is 0 Å². The molecule has 0 saturated carbocycles. The molecule has 2 aromatic heterocycles. The summed E-state index contributed by atoms with van der Waals surface area (Å²) in [5.41, 5.74) is 3.39. The van der Waals surface area contributed by atoms with Crippen molar-refractivity contribution in [3.05, 3.63) is 65.1 Å². The van der Waals surface area contributed by atoms with Crippen LogP contribution in [0.2, 0.25) is 5.02 Å². The van der Waals surface area contributed by atoms with Crippen LogP contribution in [-0.2, 0) is 7.05 Å². The van der Waals surface area contributed by atoms with Crippen LogP contribution in [0.3, 0.4) is 0 Å². The van der Waals surface area contributed by atoms with E-state index in [9.17, 15) is 0 Å². The van der Waals surface area contributed by atoms with E-state index in [1.54, 1.807) is 0 Å². The third-order valence-electron chi connectivity index (χ3n) is 3.20. The first-order valence-electron chi connectivity index (χ1n) is 6.13. The second-order valence-corrected chi connectivity index (χ2v) is 4.94. The molecule has 2 nitrogen and oxygen atoms in total. The van der Waals surface area contributed by atoms with Crippen molar-refractivity contribution in [3.8, 4) is 0 Å². The van der Waals surface area contributed by atoms with Crippen LogP contribution >= 0.6 is 11.6 Å². The van der Waals surface area contributed by atoms with Crippen molar-refractivity contribution in [1.82, 2.24) is 4.98 Å². The Morgan fingerprint density at radius 2 is 2.00 bits per heavy atom. The van der Waals surface area contributed by atoms with Gasteiger partial charge in [-0.3, -0.25) is 0 Å². The zero-order valence-corrected chi connectivity index (χ0v) is 13.9. The first kappa shape index (κ1) is 15.1. The van der Waals surface area contributed by atoms with Gasteiger partial charge in [-0.2, -0.15) is 0 Å². The molecule has 0 atom stereocenters. The lowest BCUT2D eigenvalue weighted by Crippen LogP contribution is -3.00. The number of nitrogens with zero attached hydrogens (tertiary/aromatic N) is 1. The van der Waals surface area contributed by atoms with E-state index < -0.39 is 0 Å². The van der Waals surface area contributed by atoms with Crippen molar-refractivity contribution in [3.63, 3.8) is 0 Å². The minimum Gasteiger partial charge on any atom is -1.00 e. The van der Waals surface area contributed by atoms with Crippen molar-refractivity contribution < 1.29 is 28.5 Å². The van der Waals surface area contributed by atoms with Crippen LogP contribution in [0, 0.1) is 0 Å². The molecule has 1 N–H and O–H groups in total. The molecule has 4 heteroatoms. The van der Waals surface area contributed by atoms with Gasteiger partial charge in [-0.1, -0.05) is 11.6 Å². The number of H-pyrrole nitrogens is 1. The van der Waals surface area contributed by atoms with Crippen molar-refractivity contribution in [1.29, 1.82) is 0 Å². The molecular formula is C16H14ClIN2. The van der Waals surface area contributed by atoms with Gasteiger partial charge in [-0.15, -0.1) is 0 Å². The summed E-state index contributed by atoms with van der Waals surface area (Å²) >= 11 is 6.05. The number of fused-ring (bicyclic) bond motifs is 1. The normalized spacial score (nSPS) is 10.9. The third kappa shape index (κ3) is 3.04. The molecule has 3 rings (SSSR count). The maximum absolute atomic E-state index is 6.05. The number of aryl methyl sites for hydroxylation is 1. The summed E-state index contributed by atoms with van der Waals surface area (Å²) in [6.45, 7) is 0. The van der Waals surface area contributed by atoms with E-state index in [2.05, 4.69) is 27.8 Å². The SMILES string of the molecule is C[n+]1ccccc1/C=C/c1c[nH]c2ccc(Cl)cc12.[I-]. The number of rotatable bonds is 2. The molecular weight excluding hydrogens is 383 g/mol. The van der Waals surface area contributed by atoms with Crippen molar-refractivity contribution in [2.24, 2.45) is 7.05 Å². The fourth-order valence-electron chi connectivity index (χ4n) is 2.14. The molecule has 102 valence electrons. The Balaban J connectivity index is 0.00000147. The van der Waals surface area contributed by atoms with Crippen LogP contribution in [-0.4, -0.2) is 4.98 Å². The van der Waals surface area contributed by atoms with Gasteiger partial charge in [-0.25, -0.2) is 4.57 Å². The largest absolute Gasteiger partial charge is 1.00 e. The lowest BCUT2D eigenvalue weighted by Gasteiger charge is -1.94. The van der Waals surface area contributed by atoms with Gasteiger partial charge in [0.05, 0.1) is 0 Å². The summed E-state index contributed by atoms with van der Waals surface area (Å²) in [5.74, 6) is 0. The molecule has 0 bridgehead atoms. The number of hydrogen-bond donors (Lipinski definition) is 1. The monoisotopic (exact) mass is 396 g/mol. The van der Waals surface area contributed by atoms with Gasteiger partial charge < -0.3 is 29.0 Å². The number of aromatic nitrogens is 2. The average Bonchev–Trinajstić information content (AvgIpc) is 2.80. The minimum absolute atomic E-state index is 0. The lowest BCUT2D eigenvalue weighted by atomic mass is 10.1. The zero-order valence-electron chi connectivity index (χ0n) is 11.0. The second kappa shape index (κ2) is 6.41. The molecule has 0 fully saturated rings. The Hall–Kier alpha value is -1.33. The van der Waals surface area contributed by atoms with Gasteiger partial charge in [0.15, 0.2) is 6.20 Å². The predicted octanol–water partition coefficient (Wildman–Crippen LogP) is 0.820. The van der Waals surface area contributed by atoms with Crippen LogP contribution in [0.15, 0.2) is 48.8 Å². The number of nitrogens with one attached hydrogen (secondary N) is 1. The molecule has 0 spiro atoms. The van der Waals surface area contributed by atoms with E-state index in [-0.39, 0.29) is 24.0 Å². The van der Waals surface area contributed by atoms with Crippen molar-refractivity contribution in [2.75, 3.05) is 0 Å². The molecule has 0 unspecified atom stereocenters. The fraction of sp³-hybridized carbons (Fsp3) is 0.0625. The standard InChI is InChI=1S/C16H13ClN2.HI/c1-19-9-3-2-4-14(19)7-5-12-11-18-16-8-6-13(17)10-15(12)16;/h2-11H,1H3;1H. The Kier molecular flexibility index (Phi) is 4.83. The van der Waals surface area contributed by atoms with Crippen LogP contribution in [0.1, 0.15) is 11.3 Å². The number of hydrogen-bond acceptors (Lipinski definition) is 0. The van der Waals surface area contributed by atoms with Gasteiger partial charge in [0, 0.05) is 45.9 Å². The molecule has 0 radical (unpaired) electrons. The molecule has 0 amide bonds. The summed E-state index contributed by atoms with van der Waals surface area (Å²) in [5, 5.41) is 1.90. The molecule has 20 heavy (non-hydrogen) atoms. The Bertz CT molecular complexity index is 762. The minimum atomic E-state index is 0. The van der Waals surface area contributed by atoms with Crippen LogP contribution < -0.4 is 28.5 Å². The predicted molar refractivity (Wildman–Crippen MR) is 79.9 cm³/mol. The first-order valence-corrected chi connectivity index (χ1v) is 6.51. The summed E-state index contributed by atoms with van der Waals surface area (Å²) in [7, 11) is 2.03. The number of benzene rings is 1. The lowest BCUT2D eigenvalue weighted by molar-refractivity contribution is -0.673. The second-order valence-electron chi connectivity index (χ2n) is 4.50. The summed E-state index contributed by atoms with van der Waals surface area (Å²) < 4.78 is 2.08. The number of halogens is 2. The van der Waals surface area contributed by atoms with E-state index in [1.807, 2.05) is 49.8 Å². The van der Waals surface area contributed by atoms with E-state index in [4.69, 9.17) is 11.6 Å². The van der Waals surface area contributed by atoms with E-state index in [0.717, 1.165) is 27.2 Å². The third-order valence-corrected chi connectivity index (χ3v) is 3.44. The summed E-state index contributed by atoms with van der Waals surface area (Å²) in [6, 6.07) is 12.0. The summed E-state index contributed by atoms with van der Waals surface area (Å²) in [4.78, 5) is 3.25. The highest BCUT2D eigenvalue weighted by Crippen LogP contribution is 2.23. The topological polar surface area (TPSA) is 19.7 Å². The number of pyridine rings is 1. The van der Waals surface area contributed by atoms with Gasteiger partial charge >= 0.3 is 0 Å². The number of aromatic amines is 1. The van der Waals surface area contributed by atoms with E-state index >= 15 is 0 Å². The highest BCUT2D eigenvalue weighted by Gasteiger charge is 2.03. The summed E-state index contributed by atoms with van der Waals surface area (Å²) in [6.07, 6.45) is 8.24. The Morgan fingerprint density at radius 3 is 2.80 bits per heavy atom.